The van der Waals surface area contributed by atoms with Crippen LogP contribution in [0.5, 0.6) is 5.75 Å². The van der Waals surface area contributed by atoms with Crippen molar-refractivity contribution < 1.29 is 9.53 Å². The molecule has 0 atom stereocenters. The normalized spacial score (nSPS) is 10.5. The Morgan fingerprint density at radius 1 is 1.39 bits per heavy atom. The van der Waals surface area contributed by atoms with Crippen LogP contribution in [0.15, 0.2) is 22.7 Å². The molecule has 4 nitrogen and oxygen atoms in total. The van der Waals surface area contributed by atoms with Gasteiger partial charge in [-0.05, 0) is 18.2 Å². The molecule has 1 rings (SSSR count). The van der Waals surface area contributed by atoms with Crippen molar-refractivity contribution in [3.05, 3.63) is 28.2 Å². The molecular formula is C13H19BrN2O2. The first-order chi connectivity index (χ1) is 8.54. The van der Waals surface area contributed by atoms with Crippen LogP contribution in [0.1, 0.15) is 24.2 Å². The number of halogens is 1. The number of hydrogen-bond donors (Lipinski definition) is 2. The second-order valence-corrected chi connectivity index (χ2v) is 5.13. The van der Waals surface area contributed by atoms with E-state index >= 15 is 0 Å². The van der Waals surface area contributed by atoms with Gasteiger partial charge in [0.2, 0.25) is 0 Å². The second kappa shape index (κ2) is 7.38. The number of hydrogen-bond acceptors (Lipinski definition) is 3. The van der Waals surface area contributed by atoms with Crippen LogP contribution in [0, 0.1) is 0 Å². The number of carbonyl (C=O) groups is 1. The van der Waals surface area contributed by atoms with Crippen LogP contribution < -0.4 is 15.4 Å². The monoisotopic (exact) mass is 314 g/mol. The summed E-state index contributed by atoms with van der Waals surface area (Å²) < 4.78 is 6.07. The molecule has 0 saturated carbocycles. The van der Waals surface area contributed by atoms with E-state index in [1.54, 1.807) is 19.2 Å². The number of carbonyl (C=O) groups excluding carboxylic acids is 1. The summed E-state index contributed by atoms with van der Waals surface area (Å²) in [7, 11) is 1.55. The Morgan fingerprint density at radius 3 is 2.72 bits per heavy atom. The molecule has 0 unspecified atom stereocenters. The Labute approximate surface area is 116 Å². The summed E-state index contributed by atoms with van der Waals surface area (Å²) in [5.41, 5.74) is 0.547. The largest absolute Gasteiger partial charge is 0.496 e. The Bertz CT molecular complexity index is 408. The summed E-state index contributed by atoms with van der Waals surface area (Å²) in [5.74, 6) is 0.448. The van der Waals surface area contributed by atoms with E-state index in [0.717, 1.165) is 11.0 Å². The highest BCUT2D eigenvalue weighted by Gasteiger charge is 2.11. The van der Waals surface area contributed by atoms with E-state index in [4.69, 9.17) is 4.74 Å². The topological polar surface area (TPSA) is 50.4 Å². The van der Waals surface area contributed by atoms with Gasteiger partial charge >= 0.3 is 0 Å². The smallest absolute Gasteiger partial charge is 0.255 e. The Morgan fingerprint density at radius 2 is 2.11 bits per heavy atom. The van der Waals surface area contributed by atoms with Crippen LogP contribution >= 0.6 is 15.9 Å². The summed E-state index contributed by atoms with van der Waals surface area (Å²) in [6.45, 7) is 5.48. The number of rotatable bonds is 6. The molecule has 18 heavy (non-hydrogen) atoms. The first-order valence-electron chi connectivity index (χ1n) is 5.89. The van der Waals surface area contributed by atoms with Crippen molar-refractivity contribution in [1.82, 2.24) is 10.6 Å². The van der Waals surface area contributed by atoms with Gasteiger partial charge in [-0.2, -0.15) is 0 Å². The Balaban J connectivity index is 2.56. The number of ether oxygens (including phenoxy) is 1. The van der Waals surface area contributed by atoms with Gasteiger partial charge in [-0.15, -0.1) is 0 Å². The lowest BCUT2D eigenvalue weighted by molar-refractivity contribution is 0.0950. The predicted octanol–water partition coefficient (Wildman–Crippen LogP) is 2.19. The van der Waals surface area contributed by atoms with E-state index in [1.165, 1.54) is 0 Å². The van der Waals surface area contributed by atoms with Crippen molar-refractivity contribution in [2.45, 2.75) is 19.9 Å². The number of amides is 1. The minimum absolute atomic E-state index is 0.120. The Hall–Kier alpha value is -1.07. The lowest BCUT2D eigenvalue weighted by atomic mass is 10.2. The van der Waals surface area contributed by atoms with Crippen molar-refractivity contribution in [1.29, 1.82) is 0 Å². The molecule has 1 aromatic carbocycles. The molecule has 1 aromatic rings. The van der Waals surface area contributed by atoms with Crippen molar-refractivity contribution in [2.24, 2.45) is 0 Å². The van der Waals surface area contributed by atoms with Crippen LogP contribution in [0.2, 0.25) is 0 Å². The lowest BCUT2D eigenvalue weighted by Gasteiger charge is -2.11. The van der Waals surface area contributed by atoms with Crippen LogP contribution in [-0.4, -0.2) is 32.1 Å². The summed E-state index contributed by atoms with van der Waals surface area (Å²) in [6, 6.07) is 5.77. The lowest BCUT2D eigenvalue weighted by Crippen LogP contribution is -2.34. The molecule has 0 radical (unpaired) electrons. The third-order valence-corrected chi connectivity index (χ3v) is 2.86. The summed E-state index contributed by atoms with van der Waals surface area (Å²) in [4.78, 5) is 11.9. The zero-order chi connectivity index (χ0) is 13.5. The van der Waals surface area contributed by atoms with E-state index < -0.39 is 0 Å². The maximum atomic E-state index is 11.9. The molecule has 0 heterocycles. The van der Waals surface area contributed by atoms with Crippen molar-refractivity contribution >= 4 is 21.8 Å². The van der Waals surface area contributed by atoms with E-state index in [2.05, 4.69) is 40.4 Å². The van der Waals surface area contributed by atoms with Gasteiger partial charge in [0.15, 0.2) is 0 Å². The highest BCUT2D eigenvalue weighted by molar-refractivity contribution is 9.10. The molecule has 0 spiro atoms. The van der Waals surface area contributed by atoms with Gasteiger partial charge in [-0.25, -0.2) is 0 Å². The highest BCUT2D eigenvalue weighted by atomic mass is 79.9. The fourth-order valence-electron chi connectivity index (χ4n) is 1.48. The molecule has 0 aromatic heterocycles. The summed E-state index contributed by atoms with van der Waals surface area (Å²) in [6.07, 6.45) is 0. The average molecular weight is 315 g/mol. The number of benzene rings is 1. The molecular weight excluding hydrogens is 296 g/mol. The molecule has 0 bridgehead atoms. The average Bonchev–Trinajstić information content (AvgIpc) is 2.33. The maximum Gasteiger partial charge on any atom is 0.255 e. The molecule has 5 heteroatoms. The SMILES string of the molecule is COc1cc(Br)ccc1C(=O)NCCNC(C)C. The number of methoxy groups -OCH3 is 1. The zero-order valence-corrected chi connectivity index (χ0v) is 12.5. The standard InChI is InChI=1S/C13H19BrN2O2/c1-9(2)15-6-7-16-13(17)11-5-4-10(14)8-12(11)18-3/h4-5,8-9,15H,6-7H2,1-3H3,(H,16,17). The van der Waals surface area contributed by atoms with Crippen molar-refractivity contribution in [3.8, 4) is 5.75 Å². The summed E-state index contributed by atoms with van der Waals surface area (Å²) >= 11 is 3.34. The molecule has 0 fully saturated rings. The van der Waals surface area contributed by atoms with Crippen molar-refractivity contribution in [3.63, 3.8) is 0 Å². The molecule has 0 aliphatic rings. The van der Waals surface area contributed by atoms with Gasteiger partial charge in [0.1, 0.15) is 5.75 Å². The zero-order valence-electron chi connectivity index (χ0n) is 10.9. The van der Waals surface area contributed by atoms with Gasteiger partial charge in [0, 0.05) is 23.6 Å². The van der Waals surface area contributed by atoms with Gasteiger partial charge in [-0.1, -0.05) is 29.8 Å². The third kappa shape index (κ3) is 4.66. The van der Waals surface area contributed by atoms with Crippen LogP contribution in [-0.2, 0) is 0 Å². The minimum Gasteiger partial charge on any atom is -0.496 e. The van der Waals surface area contributed by atoms with E-state index in [-0.39, 0.29) is 5.91 Å². The van der Waals surface area contributed by atoms with E-state index in [0.29, 0.717) is 23.9 Å². The molecule has 0 saturated heterocycles. The van der Waals surface area contributed by atoms with E-state index in [1.807, 2.05) is 6.07 Å². The molecule has 1 amide bonds. The first-order valence-corrected chi connectivity index (χ1v) is 6.69. The first kappa shape index (κ1) is 15.0. The van der Waals surface area contributed by atoms with E-state index in [9.17, 15) is 4.79 Å². The minimum atomic E-state index is -0.120. The quantitative estimate of drug-likeness (QED) is 0.791. The van der Waals surface area contributed by atoms with Crippen molar-refractivity contribution in [2.75, 3.05) is 20.2 Å². The molecule has 100 valence electrons. The highest BCUT2D eigenvalue weighted by Crippen LogP contribution is 2.23. The van der Waals surface area contributed by atoms with Crippen LogP contribution in [0.4, 0.5) is 0 Å². The molecule has 0 aliphatic carbocycles. The molecule has 0 aliphatic heterocycles. The van der Waals surface area contributed by atoms with Gasteiger partial charge in [-0.3, -0.25) is 4.79 Å². The number of nitrogens with one attached hydrogen (secondary N) is 2. The maximum absolute atomic E-state index is 11.9. The summed E-state index contributed by atoms with van der Waals surface area (Å²) in [5, 5.41) is 6.09. The fraction of sp³-hybridized carbons (Fsp3) is 0.462. The van der Waals surface area contributed by atoms with Gasteiger partial charge in [0.25, 0.3) is 5.91 Å². The fourth-order valence-corrected chi connectivity index (χ4v) is 1.82. The van der Waals surface area contributed by atoms with Crippen LogP contribution in [0.25, 0.3) is 0 Å². The van der Waals surface area contributed by atoms with Gasteiger partial charge < -0.3 is 15.4 Å². The third-order valence-electron chi connectivity index (χ3n) is 2.37. The predicted molar refractivity (Wildman–Crippen MR) is 76.2 cm³/mol. The molecule has 2 N–H and O–H groups in total. The Kier molecular flexibility index (Phi) is 6.15. The van der Waals surface area contributed by atoms with Crippen LogP contribution in [0.3, 0.4) is 0 Å². The second-order valence-electron chi connectivity index (χ2n) is 4.21. The van der Waals surface area contributed by atoms with Gasteiger partial charge in [0.05, 0.1) is 12.7 Å².